The van der Waals surface area contributed by atoms with Gasteiger partial charge in [0, 0.05) is 35.9 Å². The van der Waals surface area contributed by atoms with E-state index in [4.69, 9.17) is 16.3 Å². The third-order valence-corrected chi connectivity index (χ3v) is 4.86. The summed E-state index contributed by atoms with van der Waals surface area (Å²) >= 11 is 6.27. The van der Waals surface area contributed by atoms with Crippen LogP contribution in [0, 0.1) is 0 Å². The van der Waals surface area contributed by atoms with Gasteiger partial charge in [-0.2, -0.15) is 0 Å². The average Bonchev–Trinajstić information content (AvgIpc) is 2.99. The second kappa shape index (κ2) is 7.36. The van der Waals surface area contributed by atoms with E-state index >= 15 is 0 Å². The third kappa shape index (κ3) is 3.62. The first kappa shape index (κ1) is 17.0. The predicted octanol–water partition coefficient (Wildman–Crippen LogP) is 2.99. The van der Waals surface area contributed by atoms with E-state index in [2.05, 4.69) is 4.98 Å². The van der Waals surface area contributed by atoms with Crippen molar-refractivity contribution < 1.29 is 9.53 Å². The van der Waals surface area contributed by atoms with Gasteiger partial charge in [0.1, 0.15) is 6.10 Å². The second-order valence-electron chi connectivity index (χ2n) is 6.23. The van der Waals surface area contributed by atoms with Crippen molar-refractivity contribution in [1.82, 2.24) is 14.5 Å². The van der Waals surface area contributed by atoms with Gasteiger partial charge in [0.2, 0.25) is 5.91 Å². The van der Waals surface area contributed by atoms with Crippen LogP contribution in [0.5, 0.6) is 0 Å². The number of hydrogen-bond donors (Lipinski definition) is 0. The SMILES string of the molecule is C[C@@H]1CO[C@H](c2ccccc2Cl)CN1C(=O)CCc1cncn1C. The van der Waals surface area contributed by atoms with Gasteiger partial charge in [-0.15, -0.1) is 0 Å². The van der Waals surface area contributed by atoms with Gasteiger partial charge in [-0.25, -0.2) is 4.98 Å². The molecule has 0 radical (unpaired) electrons. The van der Waals surface area contributed by atoms with E-state index in [0.29, 0.717) is 31.0 Å². The number of aryl methyl sites for hydroxylation is 2. The molecule has 2 atom stereocenters. The zero-order valence-corrected chi connectivity index (χ0v) is 14.7. The largest absolute Gasteiger partial charge is 0.369 e. The van der Waals surface area contributed by atoms with Crippen molar-refractivity contribution in [2.75, 3.05) is 13.2 Å². The lowest BCUT2D eigenvalue weighted by molar-refractivity contribution is -0.144. The van der Waals surface area contributed by atoms with E-state index in [1.165, 1.54) is 0 Å². The number of halogens is 1. The Hall–Kier alpha value is -1.85. The Morgan fingerprint density at radius 3 is 2.92 bits per heavy atom. The molecule has 6 heteroatoms. The summed E-state index contributed by atoms with van der Waals surface area (Å²) in [6.45, 7) is 3.08. The number of morpholine rings is 1. The maximum absolute atomic E-state index is 12.7. The lowest BCUT2D eigenvalue weighted by Gasteiger charge is -2.38. The van der Waals surface area contributed by atoms with Crippen molar-refractivity contribution in [2.45, 2.75) is 31.9 Å². The number of benzene rings is 1. The zero-order chi connectivity index (χ0) is 17.1. The highest BCUT2D eigenvalue weighted by atomic mass is 35.5. The van der Waals surface area contributed by atoms with Crippen LogP contribution in [0.2, 0.25) is 5.02 Å². The normalized spacial score (nSPS) is 21.0. The van der Waals surface area contributed by atoms with Crippen LogP contribution in [0.25, 0.3) is 0 Å². The fraction of sp³-hybridized carbons (Fsp3) is 0.444. The van der Waals surface area contributed by atoms with Gasteiger partial charge in [-0.3, -0.25) is 4.79 Å². The predicted molar refractivity (Wildman–Crippen MR) is 92.8 cm³/mol. The number of nitrogens with zero attached hydrogens (tertiary/aromatic N) is 3. The summed E-state index contributed by atoms with van der Waals surface area (Å²) in [5, 5.41) is 0.680. The Balaban J connectivity index is 1.66. The quantitative estimate of drug-likeness (QED) is 0.854. The summed E-state index contributed by atoms with van der Waals surface area (Å²) in [5.74, 6) is 0.143. The molecule has 2 heterocycles. The zero-order valence-electron chi connectivity index (χ0n) is 14.0. The average molecular weight is 348 g/mol. The molecule has 0 unspecified atom stereocenters. The molecule has 128 valence electrons. The van der Waals surface area contributed by atoms with Gasteiger partial charge < -0.3 is 14.2 Å². The van der Waals surface area contributed by atoms with E-state index in [1.54, 1.807) is 6.33 Å². The summed E-state index contributed by atoms with van der Waals surface area (Å²) < 4.78 is 7.86. The van der Waals surface area contributed by atoms with Crippen molar-refractivity contribution in [2.24, 2.45) is 7.05 Å². The van der Waals surface area contributed by atoms with Gasteiger partial charge in [-0.05, 0) is 19.4 Å². The molecule has 1 amide bonds. The van der Waals surface area contributed by atoms with Crippen molar-refractivity contribution in [3.63, 3.8) is 0 Å². The number of amides is 1. The van der Waals surface area contributed by atoms with Gasteiger partial charge in [-0.1, -0.05) is 29.8 Å². The molecule has 5 nitrogen and oxygen atoms in total. The minimum absolute atomic E-state index is 0.0720. The van der Waals surface area contributed by atoms with E-state index < -0.39 is 0 Å². The molecule has 1 aliphatic rings. The summed E-state index contributed by atoms with van der Waals surface area (Å²) in [7, 11) is 1.94. The summed E-state index contributed by atoms with van der Waals surface area (Å²) in [4.78, 5) is 18.7. The summed E-state index contributed by atoms with van der Waals surface area (Å²) in [5.41, 5.74) is 2.00. The Kier molecular flexibility index (Phi) is 5.21. The van der Waals surface area contributed by atoms with Gasteiger partial charge in [0.25, 0.3) is 0 Å². The first-order valence-corrected chi connectivity index (χ1v) is 8.54. The smallest absolute Gasteiger partial charge is 0.223 e. The van der Waals surface area contributed by atoms with Crippen LogP contribution in [0.1, 0.15) is 30.7 Å². The van der Waals surface area contributed by atoms with E-state index in [-0.39, 0.29) is 18.1 Å². The van der Waals surface area contributed by atoms with Crippen LogP contribution in [-0.2, 0) is 23.0 Å². The number of rotatable bonds is 4. The van der Waals surface area contributed by atoms with Gasteiger partial charge in [0.05, 0.1) is 25.5 Å². The van der Waals surface area contributed by atoms with E-state index in [0.717, 1.165) is 11.3 Å². The number of carbonyl (C=O) groups excluding carboxylic acids is 1. The first-order valence-electron chi connectivity index (χ1n) is 8.17. The van der Waals surface area contributed by atoms with Crippen molar-refractivity contribution >= 4 is 17.5 Å². The number of ether oxygens (including phenoxy) is 1. The minimum atomic E-state index is -0.171. The summed E-state index contributed by atoms with van der Waals surface area (Å²) in [6.07, 6.45) is 4.55. The molecule has 1 aromatic heterocycles. The standard InChI is InChI=1S/C18H22ClN3O2/c1-13-11-24-17(15-5-3-4-6-16(15)19)10-22(13)18(23)8-7-14-9-20-12-21(14)2/h3-6,9,12-13,17H,7-8,10-11H2,1-2H3/t13-,17+/m1/s1. The van der Waals surface area contributed by atoms with E-state index in [1.807, 2.05) is 53.9 Å². The molecule has 1 aliphatic heterocycles. The molecule has 3 rings (SSSR count). The first-order chi connectivity index (χ1) is 11.6. The molecule has 1 fully saturated rings. The van der Waals surface area contributed by atoms with Crippen LogP contribution >= 0.6 is 11.6 Å². The maximum Gasteiger partial charge on any atom is 0.223 e. The van der Waals surface area contributed by atoms with Crippen molar-refractivity contribution in [1.29, 1.82) is 0 Å². The maximum atomic E-state index is 12.7. The van der Waals surface area contributed by atoms with Crippen LogP contribution in [0.3, 0.4) is 0 Å². The fourth-order valence-electron chi connectivity index (χ4n) is 3.03. The molecular weight excluding hydrogens is 326 g/mol. The highest BCUT2D eigenvalue weighted by molar-refractivity contribution is 6.31. The number of imidazole rings is 1. The molecular formula is C18H22ClN3O2. The van der Waals surface area contributed by atoms with Crippen molar-refractivity contribution in [3.05, 3.63) is 53.1 Å². The number of hydrogen-bond acceptors (Lipinski definition) is 3. The van der Waals surface area contributed by atoms with Gasteiger partial charge in [0.15, 0.2) is 0 Å². The molecule has 1 aromatic carbocycles. The molecule has 0 spiro atoms. The Labute approximate surface area is 147 Å². The van der Waals surface area contributed by atoms with Crippen LogP contribution < -0.4 is 0 Å². The fourth-order valence-corrected chi connectivity index (χ4v) is 3.29. The number of carbonyl (C=O) groups is 1. The Bertz CT molecular complexity index is 716. The van der Waals surface area contributed by atoms with E-state index in [9.17, 15) is 4.79 Å². The molecule has 0 aliphatic carbocycles. The molecule has 24 heavy (non-hydrogen) atoms. The lowest BCUT2D eigenvalue weighted by atomic mass is 10.1. The van der Waals surface area contributed by atoms with Crippen LogP contribution in [-0.4, -0.2) is 39.6 Å². The highest BCUT2D eigenvalue weighted by Gasteiger charge is 2.31. The molecule has 1 saturated heterocycles. The summed E-state index contributed by atoms with van der Waals surface area (Å²) in [6, 6.07) is 7.72. The lowest BCUT2D eigenvalue weighted by Crippen LogP contribution is -2.48. The topological polar surface area (TPSA) is 47.4 Å². The van der Waals surface area contributed by atoms with Crippen LogP contribution in [0.4, 0.5) is 0 Å². The molecule has 2 aromatic rings. The third-order valence-electron chi connectivity index (χ3n) is 4.52. The Morgan fingerprint density at radius 1 is 1.42 bits per heavy atom. The molecule has 0 bridgehead atoms. The van der Waals surface area contributed by atoms with Gasteiger partial charge >= 0.3 is 0 Å². The highest BCUT2D eigenvalue weighted by Crippen LogP contribution is 2.30. The molecule has 0 N–H and O–H groups in total. The molecule has 0 saturated carbocycles. The van der Waals surface area contributed by atoms with Crippen molar-refractivity contribution in [3.8, 4) is 0 Å². The minimum Gasteiger partial charge on any atom is -0.369 e. The Morgan fingerprint density at radius 2 is 2.21 bits per heavy atom. The number of aromatic nitrogens is 2. The van der Waals surface area contributed by atoms with Crippen LogP contribution in [0.15, 0.2) is 36.8 Å². The second-order valence-corrected chi connectivity index (χ2v) is 6.64. The monoisotopic (exact) mass is 347 g/mol.